The van der Waals surface area contributed by atoms with E-state index in [0.29, 0.717) is 0 Å². The fourth-order valence-electron chi connectivity index (χ4n) is 1.86. The van der Waals surface area contributed by atoms with Crippen LogP contribution in [0.25, 0.3) is 0 Å². The van der Waals surface area contributed by atoms with Crippen molar-refractivity contribution in [3.05, 3.63) is 18.1 Å². The SMILES string of the molecule is CCNC(c1nccnc1OC)C(C(F)(F)F)C(F)(F)F. The molecule has 120 valence electrons. The van der Waals surface area contributed by atoms with Crippen LogP contribution in [-0.4, -0.2) is 36.0 Å². The lowest BCUT2D eigenvalue weighted by Gasteiger charge is -2.31. The van der Waals surface area contributed by atoms with Gasteiger partial charge in [0, 0.05) is 12.4 Å². The predicted octanol–water partition coefficient (Wildman–Crippen LogP) is 2.88. The first-order valence-electron chi connectivity index (χ1n) is 5.84. The van der Waals surface area contributed by atoms with Crippen molar-refractivity contribution in [3.63, 3.8) is 0 Å². The Balaban J connectivity index is 3.38. The molecule has 1 rings (SSSR count). The van der Waals surface area contributed by atoms with Crippen LogP contribution in [0.4, 0.5) is 26.3 Å². The molecule has 1 atom stereocenters. The number of aromatic nitrogens is 2. The molecular weight excluding hydrogens is 304 g/mol. The van der Waals surface area contributed by atoms with Gasteiger partial charge in [-0.15, -0.1) is 0 Å². The van der Waals surface area contributed by atoms with E-state index < -0.39 is 30.0 Å². The molecular formula is C11H13F6N3O. The number of nitrogens with zero attached hydrogens (tertiary/aromatic N) is 2. The van der Waals surface area contributed by atoms with Crippen LogP contribution in [0, 0.1) is 5.92 Å². The van der Waals surface area contributed by atoms with Crippen LogP contribution in [0.2, 0.25) is 0 Å². The summed E-state index contributed by atoms with van der Waals surface area (Å²) in [5, 5.41) is 2.16. The first kappa shape index (κ1) is 17.5. The van der Waals surface area contributed by atoms with E-state index in [1.807, 2.05) is 0 Å². The third-order valence-electron chi connectivity index (χ3n) is 2.64. The molecule has 0 spiro atoms. The van der Waals surface area contributed by atoms with Gasteiger partial charge in [0.15, 0.2) is 5.92 Å². The Morgan fingerprint density at radius 2 is 1.62 bits per heavy atom. The molecule has 0 aliphatic carbocycles. The van der Waals surface area contributed by atoms with Gasteiger partial charge in [-0.25, -0.2) is 4.98 Å². The summed E-state index contributed by atoms with van der Waals surface area (Å²) in [6.07, 6.45) is -8.87. The lowest BCUT2D eigenvalue weighted by molar-refractivity contribution is -0.293. The lowest BCUT2D eigenvalue weighted by Crippen LogP contribution is -2.46. The predicted molar refractivity (Wildman–Crippen MR) is 60.6 cm³/mol. The minimum Gasteiger partial charge on any atom is -0.480 e. The number of hydrogen-bond acceptors (Lipinski definition) is 4. The van der Waals surface area contributed by atoms with Crippen LogP contribution in [0.1, 0.15) is 18.7 Å². The van der Waals surface area contributed by atoms with Gasteiger partial charge in [-0.2, -0.15) is 26.3 Å². The third-order valence-corrected chi connectivity index (χ3v) is 2.64. The Hall–Kier alpha value is -1.58. The van der Waals surface area contributed by atoms with E-state index in [0.717, 1.165) is 19.5 Å². The fraction of sp³-hybridized carbons (Fsp3) is 0.636. The van der Waals surface area contributed by atoms with E-state index >= 15 is 0 Å². The van der Waals surface area contributed by atoms with Crippen molar-refractivity contribution < 1.29 is 31.1 Å². The number of alkyl halides is 6. The lowest BCUT2D eigenvalue weighted by atomic mass is 9.95. The summed E-state index contributed by atoms with van der Waals surface area (Å²) in [6.45, 7) is 1.27. The van der Waals surface area contributed by atoms with Gasteiger partial charge in [-0.05, 0) is 6.54 Å². The highest BCUT2D eigenvalue weighted by Crippen LogP contribution is 2.47. The van der Waals surface area contributed by atoms with Crippen molar-refractivity contribution in [1.82, 2.24) is 15.3 Å². The van der Waals surface area contributed by atoms with Gasteiger partial charge < -0.3 is 10.1 Å². The van der Waals surface area contributed by atoms with Crippen LogP contribution in [-0.2, 0) is 0 Å². The molecule has 10 heteroatoms. The summed E-state index contributed by atoms with van der Waals surface area (Å²) < 4.78 is 81.9. The van der Waals surface area contributed by atoms with Gasteiger partial charge in [0.2, 0.25) is 5.88 Å². The molecule has 0 amide bonds. The fourth-order valence-corrected chi connectivity index (χ4v) is 1.86. The quantitative estimate of drug-likeness (QED) is 0.848. The second-order valence-electron chi connectivity index (χ2n) is 4.05. The van der Waals surface area contributed by atoms with E-state index in [1.165, 1.54) is 6.92 Å². The topological polar surface area (TPSA) is 47.0 Å². The van der Waals surface area contributed by atoms with Crippen LogP contribution in [0.3, 0.4) is 0 Å². The zero-order valence-corrected chi connectivity index (χ0v) is 11.1. The maximum absolute atomic E-state index is 12.9. The highest BCUT2D eigenvalue weighted by Gasteiger charge is 2.61. The molecule has 0 aliphatic rings. The zero-order valence-electron chi connectivity index (χ0n) is 11.1. The van der Waals surface area contributed by atoms with Crippen molar-refractivity contribution in [2.75, 3.05) is 13.7 Å². The third kappa shape index (κ3) is 4.19. The molecule has 1 aromatic rings. The van der Waals surface area contributed by atoms with Gasteiger partial charge >= 0.3 is 12.4 Å². The highest BCUT2D eigenvalue weighted by atomic mass is 19.4. The normalized spacial score (nSPS) is 14.3. The molecule has 0 radical (unpaired) electrons. The molecule has 1 aromatic heterocycles. The number of halogens is 6. The van der Waals surface area contributed by atoms with E-state index in [1.54, 1.807) is 0 Å². The number of ether oxygens (including phenoxy) is 1. The summed E-state index contributed by atoms with van der Waals surface area (Å²) in [5.74, 6) is -4.00. The first-order valence-corrected chi connectivity index (χ1v) is 5.84. The zero-order chi connectivity index (χ0) is 16.3. The molecule has 1 N–H and O–H groups in total. The van der Waals surface area contributed by atoms with Crippen LogP contribution in [0.5, 0.6) is 5.88 Å². The molecule has 0 saturated carbocycles. The molecule has 4 nitrogen and oxygen atoms in total. The average Bonchev–Trinajstić information content (AvgIpc) is 2.35. The van der Waals surface area contributed by atoms with Crippen molar-refractivity contribution in [2.45, 2.75) is 25.3 Å². The van der Waals surface area contributed by atoms with Crippen molar-refractivity contribution in [2.24, 2.45) is 5.92 Å². The number of rotatable bonds is 5. The van der Waals surface area contributed by atoms with Gasteiger partial charge in [-0.3, -0.25) is 4.98 Å². The molecule has 0 aliphatic heterocycles. The summed E-state index contributed by atoms with van der Waals surface area (Å²) in [6, 6.07) is -2.14. The Kier molecular flexibility index (Phi) is 5.37. The minimum absolute atomic E-state index is 0.118. The van der Waals surface area contributed by atoms with Gasteiger partial charge in [-0.1, -0.05) is 6.92 Å². The Bertz CT molecular complexity index is 448. The Labute approximate surface area is 116 Å². The van der Waals surface area contributed by atoms with E-state index in [2.05, 4.69) is 15.3 Å². The monoisotopic (exact) mass is 317 g/mol. The van der Waals surface area contributed by atoms with Crippen LogP contribution < -0.4 is 10.1 Å². The summed E-state index contributed by atoms with van der Waals surface area (Å²) >= 11 is 0. The second kappa shape index (κ2) is 6.46. The van der Waals surface area contributed by atoms with E-state index in [-0.39, 0.29) is 12.4 Å². The summed E-state index contributed by atoms with van der Waals surface area (Å²) in [5.41, 5.74) is -0.540. The highest BCUT2D eigenvalue weighted by molar-refractivity contribution is 5.23. The standard InChI is InChI=1S/C11H13F6N3O/c1-3-18-6(7-9(21-2)20-5-4-19-7)8(10(12,13)14)11(15,16)17/h4-6,8,18H,3H2,1-2H3. The van der Waals surface area contributed by atoms with Crippen molar-refractivity contribution >= 4 is 0 Å². The molecule has 0 aromatic carbocycles. The van der Waals surface area contributed by atoms with Crippen LogP contribution >= 0.6 is 0 Å². The van der Waals surface area contributed by atoms with E-state index in [9.17, 15) is 26.3 Å². The molecule has 1 heterocycles. The van der Waals surface area contributed by atoms with Gasteiger partial charge in [0.05, 0.1) is 13.2 Å². The maximum atomic E-state index is 12.9. The molecule has 21 heavy (non-hydrogen) atoms. The van der Waals surface area contributed by atoms with Crippen LogP contribution in [0.15, 0.2) is 12.4 Å². The molecule has 0 bridgehead atoms. The average molecular weight is 317 g/mol. The Morgan fingerprint density at radius 1 is 1.10 bits per heavy atom. The molecule has 0 saturated heterocycles. The summed E-state index contributed by atoms with van der Waals surface area (Å²) in [4.78, 5) is 7.15. The number of methoxy groups -OCH3 is 1. The molecule has 0 fully saturated rings. The largest absolute Gasteiger partial charge is 0.480 e. The Morgan fingerprint density at radius 3 is 2.05 bits per heavy atom. The van der Waals surface area contributed by atoms with Gasteiger partial charge in [0.25, 0.3) is 0 Å². The number of hydrogen-bond donors (Lipinski definition) is 1. The second-order valence-corrected chi connectivity index (χ2v) is 4.05. The smallest absolute Gasteiger partial charge is 0.402 e. The van der Waals surface area contributed by atoms with Gasteiger partial charge in [0.1, 0.15) is 5.69 Å². The minimum atomic E-state index is -5.49. The van der Waals surface area contributed by atoms with Crippen molar-refractivity contribution in [3.8, 4) is 5.88 Å². The van der Waals surface area contributed by atoms with Crippen molar-refractivity contribution in [1.29, 1.82) is 0 Å². The number of nitrogens with one attached hydrogen (secondary N) is 1. The molecule has 1 unspecified atom stereocenters. The maximum Gasteiger partial charge on any atom is 0.402 e. The van der Waals surface area contributed by atoms with E-state index in [4.69, 9.17) is 4.74 Å². The first-order chi connectivity index (χ1) is 9.62. The summed E-state index contributed by atoms with van der Waals surface area (Å²) in [7, 11) is 1.09.